The Morgan fingerprint density at radius 2 is 1.86 bits per heavy atom. The second-order valence-electron chi connectivity index (χ2n) is 8.59. The van der Waals surface area contributed by atoms with Gasteiger partial charge in [-0.05, 0) is 42.5 Å². The Labute approximate surface area is 219 Å². The number of fused-ring (bicyclic) bond motifs is 1. The van der Waals surface area contributed by atoms with E-state index in [-0.39, 0.29) is 16.7 Å². The van der Waals surface area contributed by atoms with Gasteiger partial charge in [-0.25, -0.2) is 13.4 Å². The molecular weight excluding hydrogens is 525 g/mol. The van der Waals surface area contributed by atoms with Gasteiger partial charge in [0.05, 0.1) is 7.11 Å². The summed E-state index contributed by atoms with van der Waals surface area (Å²) in [7, 11) is -4.16. The van der Waals surface area contributed by atoms with E-state index in [1.165, 1.54) is 13.3 Å². The summed E-state index contributed by atoms with van der Waals surface area (Å²) in [4.78, 5) is 10.4. The lowest BCUT2D eigenvalue weighted by Gasteiger charge is -2.34. The van der Waals surface area contributed by atoms with Gasteiger partial charge < -0.3 is 9.64 Å². The number of nitrogens with zero attached hydrogens (tertiary/aromatic N) is 4. The zero-order chi connectivity index (χ0) is 26.8. The Morgan fingerprint density at radius 3 is 2.54 bits per heavy atom. The molecular formula is C25H25F3N4O3S2. The molecule has 0 aliphatic carbocycles. The van der Waals surface area contributed by atoms with Crippen LogP contribution < -0.4 is 9.64 Å². The summed E-state index contributed by atoms with van der Waals surface area (Å²) in [5.41, 5.74) is -2.88. The number of halogens is 3. The van der Waals surface area contributed by atoms with Crippen LogP contribution in [-0.4, -0.2) is 52.9 Å². The van der Waals surface area contributed by atoms with Crippen LogP contribution in [0.1, 0.15) is 28.9 Å². The molecule has 0 saturated heterocycles. The fourth-order valence-corrected chi connectivity index (χ4v) is 5.65. The van der Waals surface area contributed by atoms with Crippen molar-refractivity contribution in [2.45, 2.75) is 37.9 Å². The number of aromatic nitrogens is 2. The molecule has 196 valence electrons. The van der Waals surface area contributed by atoms with Crippen LogP contribution in [-0.2, 0) is 23.0 Å². The topological polar surface area (TPSA) is 75.6 Å². The van der Waals surface area contributed by atoms with Gasteiger partial charge in [-0.2, -0.15) is 22.5 Å². The predicted octanol–water partition coefficient (Wildman–Crippen LogP) is 4.64. The van der Waals surface area contributed by atoms with E-state index < -0.39 is 34.7 Å². The molecule has 7 nitrogen and oxygen atoms in total. The molecule has 0 saturated carbocycles. The molecule has 0 amide bonds. The van der Waals surface area contributed by atoms with Gasteiger partial charge >= 0.3 is 15.5 Å². The first-order chi connectivity index (χ1) is 17.5. The largest absolute Gasteiger partial charge is 0.511 e. The molecule has 0 bridgehead atoms. The minimum atomic E-state index is -5.61. The Morgan fingerprint density at radius 1 is 1.14 bits per heavy atom. The monoisotopic (exact) mass is 550 g/mol. The summed E-state index contributed by atoms with van der Waals surface area (Å²) in [6, 6.07) is 15.5. The van der Waals surface area contributed by atoms with E-state index in [1.807, 2.05) is 30.3 Å². The fourth-order valence-electron chi connectivity index (χ4n) is 4.34. The zero-order valence-electron chi connectivity index (χ0n) is 20.1. The Bertz CT molecular complexity index is 1390. The van der Waals surface area contributed by atoms with Crippen LogP contribution >= 0.6 is 12.2 Å². The van der Waals surface area contributed by atoms with Crippen molar-refractivity contribution in [3.8, 4) is 5.88 Å². The Kier molecular flexibility index (Phi) is 7.81. The first-order valence-corrected chi connectivity index (χ1v) is 13.3. The molecule has 0 radical (unpaired) electrons. The minimum Gasteiger partial charge on any atom is -0.481 e. The molecule has 1 atom stereocenters. The van der Waals surface area contributed by atoms with E-state index in [1.54, 1.807) is 36.1 Å². The molecule has 37 heavy (non-hydrogen) atoms. The van der Waals surface area contributed by atoms with Gasteiger partial charge in [0, 0.05) is 37.1 Å². The highest BCUT2D eigenvalue weighted by molar-refractivity contribution is 7.89. The van der Waals surface area contributed by atoms with Crippen molar-refractivity contribution in [1.29, 1.82) is 0 Å². The van der Waals surface area contributed by atoms with Crippen LogP contribution in [0.4, 0.5) is 18.9 Å². The second kappa shape index (κ2) is 10.7. The summed E-state index contributed by atoms with van der Waals surface area (Å²) in [6.07, 6.45) is 2.29. The maximum absolute atomic E-state index is 13.7. The van der Waals surface area contributed by atoms with Crippen molar-refractivity contribution in [2.75, 3.05) is 18.6 Å². The maximum Gasteiger partial charge on any atom is 0.511 e. The lowest BCUT2D eigenvalue weighted by atomic mass is 10.0. The Hall–Kier alpha value is -3.09. The molecule has 1 unspecified atom stereocenters. The van der Waals surface area contributed by atoms with Gasteiger partial charge in [0.2, 0.25) is 5.88 Å². The molecule has 12 heteroatoms. The first kappa shape index (κ1) is 27.0. The zero-order valence-corrected chi connectivity index (χ0v) is 21.8. The van der Waals surface area contributed by atoms with Crippen LogP contribution in [0.2, 0.25) is 0 Å². The van der Waals surface area contributed by atoms with Crippen LogP contribution in [0.3, 0.4) is 0 Å². The van der Waals surface area contributed by atoms with E-state index in [2.05, 4.69) is 9.97 Å². The molecule has 2 aromatic carbocycles. The quantitative estimate of drug-likeness (QED) is 0.414. The van der Waals surface area contributed by atoms with Crippen LogP contribution in [0.25, 0.3) is 0 Å². The molecule has 0 N–H and O–H groups in total. The summed E-state index contributed by atoms with van der Waals surface area (Å²) >= 11 is 5.80. The van der Waals surface area contributed by atoms with Gasteiger partial charge in [-0.15, -0.1) is 0 Å². The molecule has 0 fully saturated rings. The Balaban J connectivity index is 1.85. The van der Waals surface area contributed by atoms with Crippen LogP contribution in [0.15, 0.2) is 60.8 Å². The molecule has 4 rings (SSSR count). The lowest BCUT2D eigenvalue weighted by molar-refractivity contribution is -0.0492. The number of methoxy groups -OCH3 is 1. The standard InChI is InChI=1S/C25H25F3N4O3S2/c1-17-7-6-10-21-20(17)16-31(37(33,34)25(26,27)28)15-19(12-11-18-8-4-3-5-9-18)32(21)24(36)23-29-14-13-22(30-23)35-2/h3-10,13-14,19H,11-12,15-16H2,1-2H3. The molecule has 2 heterocycles. The van der Waals surface area contributed by atoms with Crippen molar-refractivity contribution in [1.82, 2.24) is 14.3 Å². The molecule has 1 aliphatic rings. The smallest absolute Gasteiger partial charge is 0.481 e. The van der Waals surface area contributed by atoms with Crippen molar-refractivity contribution < 1.29 is 26.3 Å². The number of sulfonamides is 1. The number of benzene rings is 2. The van der Waals surface area contributed by atoms with E-state index in [0.717, 1.165) is 5.56 Å². The van der Waals surface area contributed by atoms with Gasteiger partial charge in [-0.1, -0.05) is 54.7 Å². The molecule has 1 aromatic heterocycles. The number of rotatable bonds is 6. The average molecular weight is 551 g/mol. The van der Waals surface area contributed by atoms with Crippen LogP contribution in [0.5, 0.6) is 5.88 Å². The molecule has 0 spiro atoms. The second-order valence-corrected chi connectivity index (χ2v) is 10.9. The van der Waals surface area contributed by atoms with Gasteiger partial charge in [0.1, 0.15) is 0 Å². The van der Waals surface area contributed by atoms with Crippen molar-refractivity contribution >= 4 is 32.9 Å². The normalized spacial score (nSPS) is 16.7. The van der Waals surface area contributed by atoms with E-state index in [4.69, 9.17) is 17.0 Å². The van der Waals surface area contributed by atoms with Crippen molar-refractivity contribution in [3.63, 3.8) is 0 Å². The predicted molar refractivity (Wildman–Crippen MR) is 138 cm³/mol. The number of thiocarbonyl (C=S) groups is 1. The molecule has 3 aromatic rings. The number of alkyl halides is 3. The maximum atomic E-state index is 13.7. The fraction of sp³-hybridized carbons (Fsp3) is 0.320. The van der Waals surface area contributed by atoms with E-state index >= 15 is 0 Å². The summed E-state index contributed by atoms with van der Waals surface area (Å²) in [5, 5.41) is 0. The van der Waals surface area contributed by atoms with Gasteiger partial charge in [0.25, 0.3) is 0 Å². The highest BCUT2D eigenvalue weighted by Gasteiger charge is 2.51. The summed E-state index contributed by atoms with van der Waals surface area (Å²) < 4.78 is 72.1. The van der Waals surface area contributed by atoms with Gasteiger partial charge in [-0.3, -0.25) is 0 Å². The molecule has 1 aliphatic heterocycles. The average Bonchev–Trinajstić information content (AvgIpc) is 3.05. The van der Waals surface area contributed by atoms with E-state index in [9.17, 15) is 21.6 Å². The third kappa shape index (κ3) is 5.60. The third-order valence-electron chi connectivity index (χ3n) is 6.25. The summed E-state index contributed by atoms with van der Waals surface area (Å²) in [6.45, 7) is 0.863. The number of ether oxygens (including phenoxy) is 1. The number of anilines is 1. The number of hydrogen-bond acceptors (Lipinski definition) is 6. The third-order valence-corrected chi connectivity index (χ3v) is 8.17. The van der Waals surface area contributed by atoms with Gasteiger partial charge in [0.15, 0.2) is 10.8 Å². The number of hydrogen-bond donors (Lipinski definition) is 0. The first-order valence-electron chi connectivity index (χ1n) is 11.4. The van der Waals surface area contributed by atoms with E-state index in [0.29, 0.717) is 34.0 Å². The summed E-state index contributed by atoms with van der Waals surface area (Å²) in [5.74, 6) is 0.424. The SMILES string of the molecule is COc1ccnc(C(=S)N2c3cccc(C)c3CN(S(=O)(=O)C(F)(F)F)CC2CCc2ccccc2)n1. The highest BCUT2D eigenvalue weighted by atomic mass is 32.2. The number of aryl methyl sites for hydroxylation is 2. The highest BCUT2D eigenvalue weighted by Crippen LogP contribution is 2.37. The van der Waals surface area contributed by atoms with Crippen molar-refractivity contribution in [3.05, 3.63) is 83.3 Å². The van der Waals surface area contributed by atoms with Crippen molar-refractivity contribution in [2.24, 2.45) is 0 Å². The lowest BCUT2D eigenvalue weighted by Crippen LogP contribution is -2.49. The minimum absolute atomic E-state index is 0.152. The van der Waals surface area contributed by atoms with Crippen LogP contribution in [0, 0.1) is 6.92 Å².